The molecule has 9 heteroatoms. The third kappa shape index (κ3) is 8.03. The molecule has 3 aromatic rings. The molecule has 2 aliphatic rings. The van der Waals surface area contributed by atoms with Gasteiger partial charge in [0.25, 0.3) is 5.88 Å². The summed E-state index contributed by atoms with van der Waals surface area (Å²) in [6.45, 7) is 12.3. The lowest BCUT2D eigenvalue weighted by Crippen LogP contribution is -2.37. The molecule has 0 saturated carbocycles. The van der Waals surface area contributed by atoms with Crippen molar-refractivity contribution in [3.8, 4) is 23.1 Å². The van der Waals surface area contributed by atoms with E-state index in [2.05, 4.69) is 45.8 Å². The molecule has 4 heterocycles. The highest BCUT2D eigenvalue weighted by atomic mass is 16.6. The van der Waals surface area contributed by atoms with Gasteiger partial charge in [0.15, 0.2) is 11.5 Å². The number of ether oxygens (including phenoxy) is 5. The van der Waals surface area contributed by atoms with E-state index in [4.69, 9.17) is 23.7 Å². The number of aromatic nitrogens is 3. The van der Waals surface area contributed by atoms with Crippen LogP contribution in [0, 0.1) is 13.8 Å². The van der Waals surface area contributed by atoms with Crippen molar-refractivity contribution in [2.24, 2.45) is 0 Å². The lowest BCUT2D eigenvalue weighted by molar-refractivity contribution is 0.0653. The minimum Gasteiger partial charge on any atom is -0.493 e. The van der Waals surface area contributed by atoms with E-state index in [0.717, 1.165) is 38.2 Å². The van der Waals surface area contributed by atoms with Crippen molar-refractivity contribution in [1.82, 2.24) is 15.0 Å². The van der Waals surface area contributed by atoms with Crippen LogP contribution in [0.3, 0.4) is 0 Å². The molecule has 0 radical (unpaired) electrons. The highest BCUT2D eigenvalue weighted by Crippen LogP contribution is 2.38. The molecule has 0 N–H and O–H groups in total. The molecule has 5 rings (SSSR count). The summed E-state index contributed by atoms with van der Waals surface area (Å²) in [6, 6.07) is 11.7. The van der Waals surface area contributed by atoms with E-state index in [1.165, 1.54) is 5.56 Å². The molecule has 2 fully saturated rings. The van der Waals surface area contributed by atoms with Crippen molar-refractivity contribution >= 4 is 5.95 Å². The third-order valence-corrected chi connectivity index (χ3v) is 6.60. The van der Waals surface area contributed by atoms with Crippen LogP contribution in [0.25, 0.3) is 0 Å². The molecule has 2 saturated heterocycles. The monoisotopic (exact) mass is 536 g/mol. The normalized spacial score (nSPS) is 17.0. The number of nitrogens with zero attached hydrogens (tertiary/aromatic N) is 4. The average molecular weight is 537 g/mol. The molecule has 1 unspecified atom stereocenters. The SMILES string of the molecule is COc1ccccc1Oc1c(C)nc(N2CCOCC2)nc1OCC1CCCO1.Cc1ccc(C(C)C)cn1. The lowest BCUT2D eigenvalue weighted by Gasteiger charge is -2.27. The van der Waals surface area contributed by atoms with Crippen LogP contribution in [-0.4, -0.2) is 67.7 Å². The summed E-state index contributed by atoms with van der Waals surface area (Å²) in [6.07, 6.45) is 4.07. The molecule has 2 aromatic heterocycles. The summed E-state index contributed by atoms with van der Waals surface area (Å²) in [5, 5.41) is 0. The van der Waals surface area contributed by atoms with Crippen LogP contribution in [0.1, 0.15) is 49.6 Å². The van der Waals surface area contributed by atoms with Gasteiger partial charge in [0.2, 0.25) is 11.7 Å². The number of aryl methyl sites for hydroxylation is 2. The van der Waals surface area contributed by atoms with Crippen LogP contribution < -0.4 is 19.1 Å². The molecule has 1 atom stereocenters. The van der Waals surface area contributed by atoms with E-state index < -0.39 is 0 Å². The summed E-state index contributed by atoms with van der Waals surface area (Å²) >= 11 is 0. The Labute approximate surface area is 231 Å². The van der Waals surface area contributed by atoms with E-state index in [1.54, 1.807) is 7.11 Å². The second kappa shape index (κ2) is 14.1. The number of benzene rings is 1. The fraction of sp³-hybridized carbons (Fsp3) is 0.500. The Kier molecular flexibility index (Phi) is 10.3. The van der Waals surface area contributed by atoms with Crippen molar-refractivity contribution in [2.45, 2.75) is 52.6 Å². The first-order valence-electron chi connectivity index (χ1n) is 13.6. The van der Waals surface area contributed by atoms with Crippen molar-refractivity contribution in [2.75, 3.05) is 51.5 Å². The van der Waals surface area contributed by atoms with Crippen LogP contribution >= 0.6 is 0 Å². The summed E-state index contributed by atoms with van der Waals surface area (Å²) in [5.41, 5.74) is 3.10. The summed E-state index contributed by atoms with van der Waals surface area (Å²) in [7, 11) is 1.61. The molecule has 210 valence electrons. The third-order valence-electron chi connectivity index (χ3n) is 6.60. The van der Waals surface area contributed by atoms with Crippen molar-refractivity contribution in [3.05, 3.63) is 59.5 Å². The number of methoxy groups -OCH3 is 1. The predicted molar refractivity (Wildman–Crippen MR) is 150 cm³/mol. The first-order valence-corrected chi connectivity index (χ1v) is 13.6. The van der Waals surface area contributed by atoms with Crippen LogP contribution in [-0.2, 0) is 9.47 Å². The highest BCUT2D eigenvalue weighted by Gasteiger charge is 2.23. The number of hydrogen-bond donors (Lipinski definition) is 0. The van der Waals surface area contributed by atoms with Gasteiger partial charge in [-0.25, -0.2) is 4.98 Å². The Morgan fingerprint density at radius 1 is 1.00 bits per heavy atom. The molecule has 0 aliphatic carbocycles. The fourth-order valence-corrected chi connectivity index (χ4v) is 4.22. The Hall–Kier alpha value is -3.43. The van der Waals surface area contributed by atoms with Gasteiger partial charge >= 0.3 is 0 Å². The van der Waals surface area contributed by atoms with Crippen LogP contribution in [0.2, 0.25) is 0 Å². The molecular weight excluding hydrogens is 496 g/mol. The quantitative estimate of drug-likeness (QED) is 0.371. The van der Waals surface area contributed by atoms with E-state index in [-0.39, 0.29) is 6.10 Å². The van der Waals surface area contributed by atoms with Crippen LogP contribution in [0.15, 0.2) is 42.6 Å². The fourth-order valence-electron chi connectivity index (χ4n) is 4.22. The first kappa shape index (κ1) is 28.6. The zero-order valence-electron chi connectivity index (χ0n) is 23.7. The van der Waals surface area contributed by atoms with E-state index >= 15 is 0 Å². The topological polar surface area (TPSA) is 88.1 Å². The average Bonchev–Trinajstić information content (AvgIpc) is 3.48. The van der Waals surface area contributed by atoms with Gasteiger partial charge in [0, 0.05) is 31.6 Å². The molecule has 0 bridgehead atoms. The number of morpholine rings is 1. The Morgan fingerprint density at radius 3 is 2.41 bits per heavy atom. The van der Waals surface area contributed by atoms with Crippen molar-refractivity contribution < 1.29 is 23.7 Å². The zero-order chi connectivity index (χ0) is 27.6. The zero-order valence-corrected chi connectivity index (χ0v) is 23.7. The predicted octanol–water partition coefficient (Wildman–Crippen LogP) is 5.49. The van der Waals surface area contributed by atoms with E-state index in [1.807, 2.05) is 44.3 Å². The van der Waals surface area contributed by atoms with Gasteiger partial charge in [-0.05, 0) is 56.4 Å². The van der Waals surface area contributed by atoms with Gasteiger partial charge < -0.3 is 28.6 Å². The second-order valence-corrected chi connectivity index (χ2v) is 9.93. The maximum absolute atomic E-state index is 6.16. The van der Waals surface area contributed by atoms with Crippen molar-refractivity contribution in [1.29, 1.82) is 0 Å². The van der Waals surface area contributed by atoms with E-state index in [9.17, 15) is 0 Å². The van der Waals surface area contributed by atoms with Gasteiger partial charge in [0.1, 0.15) is 6.61 Å². The number of hydrogen-bond acceptors (Lipinski definition) is 9. The standard InChI is InChI=1S/C21H27N3O5.C9H13N/c1-15-19(29-18-8-4-3-7-17(18)25-2)20(28-14-16-6-5-11-27-16)23-21(22-15)24-9-12-26-13-10-24;1-7(2)9-5-4-8(3)10-6-9/h3-4,7-8,16H,5-6,9-14H2,1-2H3;4-7H,1-3H3. The van der Waals surface area contributed by atoms with Gasteiger partial charge in [0.05, 0.1) is 32.1 Å². The molecule has 0 spiro atoms. The Bertz CT molecular complexity index is 1180. The summed E-state index contributed by atoms with van der Waals surface area (Å²) < 4.78 is 28.8. The maximum atomic E-state index is 6.16. The molecule has 0 amide bonds. The number of rotatable bonds is 8. The lowest BCUT2D eigenvalue weighted by atomic mass is 10.1. The molecule has 1 aromatic carbocycles. The smallest absolute Gasteiger partial charge is 0.263 e. The summed E-state index contributed by atoms with van der Waals surface area (Å²) in [4.78, 5) is 15.7. The van der Waals surface area contributed by atoms with Crippen LogP contribution in [0.4, 0.5) is 5.95 Å². The van der Waals surface area contributed by atoms with Gasteiger partial charge in [-0.1, -0.05) is 32.0 Å². The number of anilines is 1. The molecule has 2 aliphatic heterocycles. The van der Waals surface area contributed by atoms with Crippen molar-refractivity contribution in [3.63, 3.8) is 0 Å². The first-order chi connectivity index (χ1) is 18.9. The minimum atomic E-state index is 0.0798. The van der Waals surface area contributed by atoms with E-state index in [0.29, 0.717) is 60.5 Å². The maximum Gasteiger partial charge on any atom is 0.263 e. The Balaban J connectivity index is 0.000000298. The van der Waals surface area contributed by atoms with Gasteiger partial charge in [-0.15, -0.1) is 0 Å². The van der Waals surface area contributed by atoms with Crippen LogP contribution in [0.5, 0.6) is 23.1 Å². The number of pyridine rings is 1. The molecular formula is C30H40N4O5. The summed E-state index contributed by atoms with van der Waals surface area (Å²) in [5.74, 6) is 3.34. The Morgan fingerprint density at radius 2 is 1.77 bits per heavy atom. The van der Waals surface area contributed by atoms with Gasteiger partial charge in [-0.2, -0.15) is 4.98 Å². The number of para-hydroxylation sites is 2. The minimum absolute atomic E-state index is 0.0798. The highest BCUT2D eigenvalue weighted by molar-refractivity contribution is 5.49. The largest absolute Gasteiger partial charge is 0.493 e. The molecule has 9 nitrogen and oxygen atoms in total. The molecule has 39 heavy (non-hydrogen) atoms. The van der Waals surface area contributed by atoms with Gasteiger partial charge in [-0.3, -0.25) is 4.98 Å². The second-order valence-electron chi connectivity index (χ2n) is 9.93.